The predicted molar refractivity (Wildman–Crippen MR) is 113 cm³/mol. The van der Waals surface area contributed by atoms with Crippen molar-refractivity contribution >= 4 is 22.6 Å². The number of amides is 1. The third kappa shape index (κ3) is 3.06. The van der Waals surface area contributed by atoms with E-state index in [1.807, 2.05) is 82.1 Å². The Hall–Kier alpha value is -4.19. The van der Waals surface area contributed by atoms with Gasteiger partial charge in [0, 0.05) is 12.4 Å². The maximum absolute atomic E-state index is 13.1. The molecule has 5 aromatic rings. The fourth-order valence-corrected chi connectivity index (χ4v) is 3.42. The van der Waals surface area contributed by atoms with E-state index in [1.165, 1.54) is 0 Å². The summed E-state index contributed by atoms with van der Waals surface area (Å²) in [6.07, 6.45) is 6.96. The zero-order valence-electron chi connectivity index (χ0n) is 15.4. The molecule has 0 aliphatic carbocycles. The largest absolute Gasteiger partial charge is 0.320 e. The maximum atomic E-state index is 13.1. The molecule has 1 N–H and O–H groups in total. The van der Waals surface area contributed by atoms with Crippen LogP contribution in [0.5, 0.6) is 0 Å². The van der Waals surface area contributed by atoms with Crippen LogP contribution < -0.4 is 5.32 Å². The van der Waals surface area contributed by atoms with Crippen molar-refractivity contribution in [3.8, 4) is 11.4 Å². The molecule has 2 aromatic heterocycles. The van der Waals surface area contributed by atoms with Crippen LogP contribution in [-0.4, -0.2) is 25.0 Å². The van der Waals surface area contributed by atoms with Crippen molar-refractivity contribution in [1.82, 2.24) is 19.1 Å². The van der Waals surface area contributed by atoms with Crippen LogP contribution in [0.2, 0.25) is 0 Å². The van der Waals surface area contributed by atoms with E-state index in [0.717, 1.165) is 22.4 Å². The Labute approximate surface area is 167 Å². The third-order valence-corrected chi connectivity index (χ3v) is 4.80. The van der Waals surface area contributed by atoms with Crippen LogP contribution in [0.15, 0.2) is 97.8 Å². The van der Waals surface area contributed by atoms with Crippen molar-refractivity contribution in [3.63, 3.8) is 0 Å². The molecule has 0 saturated heterocycles. The smallest absolute Gasteiger partial charge is 0.257 e. The van der Waals surface area contributed by atoms with Crippen molar-refractivity contribution in [2.75, 3.05) is 5.32 Å². The normalized spacial score (nSPS) is 10.9. The minimum atomic E-state index is -0.189. The molecule has 0 unspecified atom stereocenters. The minimum Gasteiger partial charge on any atom is -0.320 e. The van der Waals surface area contributed by atoms with E-state index in [4.69, 9.17) is 0 Å². The molecular formula is C23H17N5O. The summed E-state index contributed by atoms with van der Waals surface area (Å²) >= 11 is 0. The Bertz CT molecular complexity index is 1300. The molecule has 140 valence electrons. The summed E-state index contributed by atoms with van der Waals surface area (Å²) in [6, 6.07) is 23.1. The van der Waals surface area contributed by atoms with Gasteiger partial charge in [-0.05, 0) is 36.4 Å². The first-order valence-corrected chi connectivity index (χ1v) is 9.21. The van der Waals surface area contributed by atoms with Crippen molar-refractivity contribution in [2.24, 2.45) is 0 Å². The Morgan fingerprint density at radius 1 is 0.828 bits per heavy atom. The van der Waals surface area contributed by atoms with E-state index in [1.54, 1.807) is 24.9 Å². The number of para-hydroxylation sites is 5. The van der Waals surface area contributed by atoms with Crippen LogP contribution in [0.25, 0.3) is 22.4 Å². The van der Waals surface area contributed by atoms with Gasteiger partial charge in [-0.15, -0.1) is 0 Å². The van der Waals surface area contributed by atoms with Gasteiger partial charge in [0.2, 0.25) is 0 Å². The van der Waals surface area contributed by atoms with Crippen molar-refractivity contribution in [1.29, 1.82) is 0 Å². The zero-order valence-corrected chi connectivity index (χ0v) is 15.4. The Balaban J connectivity index is 1.54. The fourth-order valence-electron chi connectivity index (χ4n) is 3.42. The van der Waals surface area contributed by atoms with E-state index >= 15 is 0 Å². The number of nitrogens with zero attached hydrogens (tertiary/aromatic N) is 4. The molecule has 3 aromatic carbocycles. The zero-order chi connectivity index (χ0) is 19.6. The molecule has 0 atom stereocenters. The van der Waals surface area contributed by atoms with Gasteiger partial charge >= 0.3 is 0 Å². The second-order valence-corrected chi connectivity index (χ2v) is 6.56. The lowest BCUT2D eigenvalue weighted by Gasteiger charge is -2.14. The molecule has 0 spiro atoms. The molecule has 1 amide bonds. The van der Waals surface area contributed by atoms with Crippen LogP contribution in [0, 0.1) is 0 Å². The lowest BCUT2D eigenvalue weighted by molar-refractivity contribution is 0.102. The van der Waals surface area contributed by atoms with Crippen LogP contribution >= 0.6 is 0 Å². The highest BCUT2D eigenvalue weighted by molar-refractivity contribution is 6.07. The molecule has 5 rings (SSSR count). The molecule has 0 saturated carbocycles. The highest BCUT2D eigenvalue weighted by Crippen LogP contribution is 2.25. The van der Waals surface area contributed by atoms with Gasteiger partial charge in [0.05, 0.1) is 40.0 Å². The molecule has 2 heterocycles. The second-order valence-electron chi connectivity index (χ2n) is 6.56. The van der Waals surface area contributed by atoms with E-state index in [2.05, 4.69) is 15.3 Å². The number of aromatic nitrogens is 4. The molecule has 0 radical (unpaired) electrons. The minimum absolute atomic E-state index is 0.189. The van der Waals surface area contributed by atoms with E-state index < -0.39 is 0 Å². The first-order valence-electron chi connectivity index (χ1n) is 9.21. The molecule has 6 heteroatoms. The van der Waals surface area contributed by atoms with Gasteiger partial charge in [0.15, 0.2) is 0 Å². The molecule has 0 aliphatic heterocycles. The molecule has 6 nitrogen and oxygen atoms in total. The van der Waals surface area contributed by atoms with Crippen molar-refractivity contribution in [3.05, 3.63) is 103 Å². The van der Waals surface area contributed by atoms with Gasteiger partial charge in [0.25, 0.3) is 5.91 Å². The SMILES string of the molecule is O=C(Nc1ccccc1-n1cnc2ccccc21)c1ccccc1-n1ccnc1. The number of imidazole rings is 2. The number of hydrogen-bond donors (Lipinski definition) is 1. The average Bonchev–Trinajstić information content (AvgIpc) is 3.44. The lowest BCUT2D eigenvalue weighted by atomic mass is 10.1. The van der Waals surface area contributed by atoms with Crippen molar-refractivity contribution < 1.29 is 4.79 Å². The molecule has 0 aliphatic rings. The van der Waals surface area contributed by atoms with Crippen molar-refractivity contribution in [2.45, 2.75) is 0 Å². The Morgan fingerprint density at radius 3 is 2.45 bits per heavy atom. The van der Waals surface area contributed by atoms with Gasteiger partial charge in [-0.1, -0.05) is 36.4 Å². The van der Waals surface area contributed by atoms with Gasteiger partial charge in [0.1, 0.15) is 6.33 Å². The number of anilines is 1. The molecule has 0 fully saturated rings. The van der Waals surface area contributed by atoms with Crippen LogP contribution in [0.4, 0.5) is 5.69 Å². The monoisotopic (exact) mass is 379 g/mol. The highest BCUT2D eigenvalue weighted by Gasteiger charge is 2.15. The van der Waals surface area contributed by atoms with Gasteiger partial charge < -0.3 is 9.88 Å². The molecule has 0 bridgehead atoms. The average molecular weight is 379 g/mol. The van der Waals surface area contributed by atoms with E-state index in [-0.39, 0.29) is 5.91 Å². The van der Waals surface area contributed by atoms with Crippen LogP contribution in [0.1, 0.15) is 10.4 Å². The number of carbonyl (C=O) groups is 1. The molecular weight excluding hydrogens is 362 g/mol. The number of nitrogens with one attached hydrogen (secondary N) is 1. The summed E-state index contributed by atoms with van der Waals surface area (Å²) in [5.41, 5.74) is 4.78. The number of hydrogen-bond acceptors (Lipinski definition) is 3. The lowest BCUT2D eigenvalue weighted by Crippen LogP contribution is -2.16. The number of rotatable bonds is 4. The number of benzene rings is 3. The summed E-state index contributed by atoms with van der Waals surface area (Å²) < 4.78 is 3.80. The van der Waals surface area contributed by atoms with E-state index in [0.29, 0.717) is 11.3 Å². The number of fused-ring (bicyclic) bond motifs is 1. The van der Waals surface area contributed by atoms with Gasteiger partial charge in [-0.25, -0.2) is 9.97 Å². The second kappa shape index (κ2) is 7.09. The summed E-state index contributed by atoms with van der Waals surface area (Å²) in [5.74, 6) is -0.189. The first-order chi connectivity index (χ1) is 14.3. The molecule has 29 heavy (non-hydrogen) atoms. The topological polar surface area (TPSA) is 64.7 Å². The third-order valence-electron chi connectivity index (χ3n) is 4.80. The predicted octanol–water partition coefficient (Wildman–Crippen LogP) is 4.46. The van der Waals surface area contributed by atoms with E-state index in [9.17, 15) is 4.79 Å². The summed E-state index contributed by atoms with van der Waals surface area (Å²) in [7, 11) is 0. The van der Waals surface area contributed by atoms with Gasteiger partial charge in [-0.2, -0.15) is 0 Å². The summed E-state index contributed by atoms with van der Waals surface area (Å²) in [5, 5.41) is 3.06. The first kappa shape index (κ1) is 16.9. The Kier molecular flexibility index (Phi) is 4.14. The number of carbonyl (C=O) groups excluding carboxylic acids is 1. The van der Waals surface area contributed by atoms with Gasteiger partial charge in [-0.3, -0.25) is 9.36 Å². The summed E-state index contributed by atoms with van der Waals surface area (Å²) in [6.45, 7) is 0. The van der Waals surface area contributed by atoms with Crippen LogP contribution in [0.3, 0.4) is 0 Å². The quantitative estimate of drug-likeness (QED) is 0.501. The van der Waals surface area contributed by atoms with Crippen LogP contribution in [-0.2, 0) is 0 Å². The highest BCUT2D eigenvalue weighted by atomic mass is 16.1. The standard InChI is InChI=1S/C23H17N5O/c29-23(17-7-1-4-10-20(17)27-14-13-24-15-27)26-19-9-3-6-12-22(19)28-16-25-18-8-2-5-11-21(18)28/h1-16H,(H,26,29). The Morgan fingerprint density at radius 2 is 1.59 bits per heavy atom. The maximum Gasteiger partial charge on any atom is 0.257 e. The summed E-state index contributed by atoms with van der Waals surface area (Å²) in [4.78, 5) is 21.7. The fraction of sp³-hybridized carbons (Fsp3) is 0.